The molecule has 0 aromatic heterocycles. The molecular formula is C40H74O12S. The summed E-state index contributed by atoms with van der Waals surface area (Å²) in [5.41, 5.74) is -1.36. The second kappa shape index (κ2) is 18.5. The second-order valence-electron chi connectivity index (χ2n) is 17.5. The van der Waals surface area contributed by atoms with Crippen molar-refractivity contribution < 1.29 is 56.3 Å². The van der Waals surface area contributed by atoms with Crippen LogP contribution in [0.4, 0.5) is 0 Å². The molecule has 0 radical (unpaired) electrons. The summed E-state index contributed by atoms with van der Waals surface area (Å²) in [6.07, 6.45) is 1.08. The van der Waals surface area contributed by atoms with Gasteiger partial charge in [-0.05, 0) is 111 Å². The summed E-state index contributed by atoms with van der Waals surface area (Å²) in [6, 6.07) is 0. The summed E-state index contributed by atoms with van der Waals surface area (Å²) in [6.45, 7) is 34.5. The fraction of sp³-hybridized carbons (Fsp3) is 1.00. The molecule has 13 heteroatoms. The molecule has 6 aliphatic heterocycles. The van der Waals surface area contributed by atoms with Crippen LogP contribution < -0.4 is 0 Å². The van der Waals surface area contributed by atoms with E-state index in [1.54, 1.807) is 0 Å². The Labute approximate surface area is 323 Å². The zero-order valence-corrected chi connectivity index (χ0v) is 36.4. The van der Waals surface area contributed by atoms with Crippen molar-refractivity contribution in [1.82, 2.24) is 0 Å². The van der Waals surface area contributed by atoms with Crippen LogP contribution in [0.25, 0.3) is 0 Å². The highest BCUT2D eigenvalue weighted by Gasteiger charge is 2.66. The molecule has 12 nitrogen and oxygen atoms in total. The molecule has 6 rings (SSSR count). The molecule has 6 bridgehead atoms. The van der Waals surface area contributed by atoms with E-state index in [9.17, 15) is 4.21 Å². The topological polar surface area (TPSA) is 119 Å². The number of hydrogen-bond acceptors (Lipinski definition) is 12. The van der Waals surface area contributed by atoms with Crippen molar-refractivity contribution in [3.05, 3.63) is 0 Å². The van der Waals surface area contributed by atoms with Crippen LogP contribution in [0.1, 0.15) is 111 Å². The van der Waals surface area contributed by atoms with Crippen LogP contribution in [-0.2, 0) is 62.9 Å². The van der Waals surface area contributed by atoms with Crippen LogP contribution in [-0.4, -0.2) is 150 Å². The predicted molar refractivity (Wildman–Crippen MR) is 204 cm³/mol. The highest BCUT2D eigenvalue weighted by molar-refractivity contribution is 7.86. The molecule has 0 N–H and O–H groups in total. The Kier molecular flexibility index (Phi) is 15.9. The SMILES string of the molecule is CC(C)OC[C@@]12CO[C@@H]([C@H](C)O1)[C@@H]2OC(C)C.CC(C)OC[C@@]12CS(=O)[C@@H]([C@H](C)O1)[C@@H]2OC(C)C.CC(C)OC[C@]12O[C@@H](C)[C@H](O[C@H]1C)[C@@H]2OC(C)C. The third-order valence-corrected chi connectivity index (χ3v) is 12.5. The minimum absolute atomic E-state index is 0.00347. The van der Waals surface area contributed by atoms with E-state index in [0.717, 1.165) is 0 Å². The number of fused-ring (bicyclic) bond motifs is 6. The molecular weight excluding hydrogens is 704 g/mol. The molecule has 312 valence electrons. The largest absolute Gasteiger partial charge is 0.376 e. The molecule has 0 amide bonds. The third kappa shape index (κ3) is 10.2. The predicted octanol–water partition coefficient (Wildman–Crippen LogP) is 5.40. The van der Waals surface area contributed by atoms with Crippen LogP contribution >= 0.6 is 0 Å². The zero-order chi connectivity index (χ0) is 39.6. The molecule has 0 saturated carbocycles. The Hall–Kier alpha value is -0.290. The highest BCUT2D eigenvalue weighted by Crippen LogP contribution is 2.47. The maximum atomic E-state index is 12.2. The molecule has 0 aromatic rings. The molecule has 1 unspecified atom stereocenters. The minimum Gasteiger partial charge on any atom is -0.376 e. The summed E-state index contributed by atoms with van der Waals surface area (Å²) < 4.78 is 77.4. The summed E-state index contributed by atoms with van der Waals surface area (Å²) in [7, 11) is -0.872. The third-order valence-electron chi connectivity index (χ3n) is 10.5. The van der Waals surface area contributed by atoms with Crippen LogP contribution in [0.2, 0.25) is 0 Å². The molecule has 0 aromatic carbocycles. The Bertz CT molecular complexity index is 1170. The Balaban J connectivity index is 0.000000178. The standard InChI is InChI=1S/C14H26O4.C13H24O4S.C13H24O4/c1-8(2)15-7-14-11(6)17-12(10(5)18-14)13(14)16-9(3)4;1-8(2)15-6-13-7-18(14)11(10(5)17-13)12(13)16-9(3)4;1-8(2)14-6-13-7-15-11(10(5)17-13)12(13)16-9(3)4/h8-13H,7H2,1-6H3;8-12H,6-7H2,1-5H3;8-12H,6-7H2,1-5H3/t10-,11-,12-,13-,14-;10-,11-,12-,13-,18?;10-,11-,12-,13-/m000/s1. The van der Waals surface area contributed by atoms with Gasteiger partial charge in [0, 0.05) is 10.8 Å². The van der Waals surface area contributed by atoms with Gasteiger partial charge in [0.2, 0.25) is 0 Å². The Morgan fingerprint density at radius 3 is 1.55 bits per heavy atom. The smallest absolute Gasteiger partial charge is 0.146 e. The van der Waals surface area contributed by atoms with E-state index in [-0.39, 0.29) is 96.8 Å². The second-order valence-corrected chi connectivity index (χ2v) is 19.1. The van der Waals surface area contributed by atoms with Crippen molar-refractivity contribution in [3.8, 4) is 0 Å². The molecule has 53 heavy (non-hydrogen) atoms. The fourth-order valence-electron chi connectivity index (χ4n) is 8.28. The summed E-state index contributed by atoms with van der Waals surface area (Å²) >= 11 is 0. The first-order valence-corrected chi connectivity index (χ1v) is 21.5. The van der Waals surface area contributed by atoms with Gasteiger partial charge in [-0.25, -0.2) is 0 Å². The van der Waals surface area contributed by atoms with E-state index >= 15 is 0 Å². The molecule has 6 aliphatic rings. The zero-order valence-electron chi connectivity index (χ0n) is 35.6. The van der Waals surface area contributed by atoms with Gasteiger partial charge in [0.1, 0.15) is 47.3 Å². The molecule has 14 atom stereocenters. The number of rotatable bonds is 15. The molecule has 6 saturated heterocycles. The van der Waals surface area contributed by atoms with Crippen LogP contribution in [0, 0.1) is 0 Å². The van der Waals surface area contributed by atoms with Crippen molar-refractivity contribution in [2.24, 2.45) is 0 Å². The highest BCUT2D eigenvalue weighted by atomic mass is 32.2. The fourth-order valence-corrected chi connectivity index (χ4v) is 10.3. The van der Waals surface area contributed by atoms with E-state index in [0.29, 0.717) is 32.2 Å². The van der Waals surface area contributed by atoms with Crippen molar-refractivity contribution in [2.45, 2.75) is 224 Å². The van der Waals surface area contributed by atoms with Gasteiger partial charge in [-0.2, -0.15) is 0 Å². The lowest BCUT2D eigenvalue weighted by molar-refractivity contribution is -0.204. The number of ether oxygens (including phenoxy) is 11. The summed E-state index contributed by atoms with van der Waals surface area (Å²) in [5, 5.41) is -0.0110. The van der Waals surface area contributed by atoms with Gasteiger partial charge in [-0.3, -0.25) is 4.21 Å². The van der Waals surface area contributed by atoms with Crippen LogP contribution in [0.3, 0.4) is 0 Å². The lowest BCUT2D eigenvalue weighted by Gasteiger charge is -2.36. The van der Waals surface area contributed by atoms with Gasteiger partial charge in [-0.15, -0.1) is 0 Å². The van der Waals surface area contributed by atoms with Gasteiger partial charge in [0.05, 0.1) is 98.5 Å². The van der Waals surface area contributed by atoms with Gasteiger partial charge in [0.25, 0.3) is 0 Å². The lowest BCUT2D eigenvalue weighted by atomic mass is 9.93. The van der Waals surface area contributed by atoms with E-state index < -0.39 is 27.6 Å². The van der Waals surface area contributed by atoms with Gasteiger partial charge < -0.3 is 52.1 Å². The van der Waals surface area contributed by atoms with Gasteiger partial charge >= 0.3 is 0 Å². The maximum Gasteiger partial charge on any atom is 0.146 e. The Morgan fingerprint density at radius 2 is 1.04 bits per heavy atom. The van der Waals surface area contributed by atoms with E-state index in [2.05, 4.69) is 0 Å². The first kappa shape index (κ1) is 45.4. The summed E-state index contributed by atoms with van der Waals surface area (Å²) in [5.74, 6) is 0.534. The average molecular weight is 779 g/mol. The van der Waals surface area contributed by atoms with Crippen LogP contribution in [0.5, 0.6) is 0 Å². The normalized spacial score (nSPS) is 42.5. The lowest BCUT2D eigenvalue weighted by Crippen LogP contribution is -2.52. The quantitative estimate of drug-likeness (QED) is 0.212. The van der Waals surface area contributed by atoms with E-state index in [4.69, 9.17) is 52.1 Å². The molecule has 6 heterocycles. The molecule has 0 spiro atoms. The maximum absolute atomic E-state index is 12.2. The minimum atomic E-state index is -0.872. The summed E-state index contributed by atoms with van der Waals surface area (Å²) in [4.78, 5) is 0. The van der Waals surface area contributed by atoms with Gasteiger partial charge in [0.15, 0.2) is 0 Å². The van der Waals surface area contributed by atoms with Crippen molar-refractivity contribution in [3.63, 3.8) is 0 Å². The monoisotopic (exact) mass is 778 g/mol. The van der Waals surface area contributed by atoms with Gasteiger partial charge in [-0.1, -0.05) is 0 Å². The van der Waals surface area contributed by atoms with Crippen LogP contribution in [0.15, 0.2) is 0 Å². The van der Waals surface area contributed by atoms with Crippen molar-refractivity contribution in [1.29, 1.82) is 0 Å². The van der Waals surface area contributed by atoms with E-state index in [1.807, 2.05) is 111 Å². The average Bonchev–Trinajstić information content (AvgIpc) is 3.80. The van der Waals surface area contributed by atoms with E-state index in [1.165, 1.54) is 0 Å². The molecule has 0 aliphatic carbocycles. The Morgan fingerprint density at radius 1 is 0.566 bits per heavy atom. The van der Waals surface area contributed by atoms with Crippen molar-refractivity contribution >= 4 is 10.8 Å². The molecule has 6 fully saturated rings. The first-order valence-electron chi connectivity index (χ1n) is 20.2. The van der Waals surface area contributed by atoms with Crippen molar-refractivity contribution in [2.75, 3.05) is 32.2 Å². The first-order chi connectivity index (χ1) is 24.7. The number of hydrogen-bond donors (Lipinski definition) is 0.